The summed E-state index contributed by atoms with van der Waals surface area (Å²) in [7, 11) is 4.57. The van der Waals surface area contributed by atoms with Crippen molar-refractivity contribution in [3.63, 3.8) is 0 Å². The van der Waals surface area contributed by atoms with Gasteiger partial charge in [-0.05, 0) is 81.2 Å². The number of rotatable bonds is 7. The van der Waals surface area contributed by atoms with E-state index < -0.39 is 23.4 Å². The van der Waals surface area contributed by atoms with Gasteiger partial charge in [0.1, 0.15) is 17.2 Å². The molecule has 0 radical (unpaired) electrons. The van der Waals surface area contributed by atoms with E-state index in [0.29, 0.717) is 44.1 Å². The molecule has 1 N–H and O–H groups in total. The van der Waals surface area contributed by atoms with Gasteiger partial charge in [0, 0.05) is 23.0 Å². The highest BCUT2D eigenvalue weighted by Crippen LogP contribution is 2.62. The third kappa shape index (κ3) is 4.14. The van der Waals surface area contributed by atoms with Crippen molar-refractivity contribution in [1.29, 1.82) is 0 Å². The van der Waals surface area contributed by atoms with Gasteiger partial charge in [0.15, 0.2) is 23.1 Å². The van der Waals surface area contributed by atoms with Crippen molar-refractivity contribution in [3.8, 4) is 17.2 Å². The molecule has 9 heteroatoms. The van der Waals surface area contributed by atoms with Crippen LogP contribution in [0.25, 0.3) is 6.08 Å². The Bertz CT molecular complexity index is 1920. The number of benzene rings is 4. The van der Waals surface area contributed by atoms with E-state index in [2.05, 4.69) is 21.2 Å². The molecule has 3 aliphatic rings. The standard InChI is InChI=1S/C36H29BrN2O6/c1-43-27-14-12-21(18-25(27)37)33(41)31-30(32(40)22-13-15-28(44-2)29(19-22)45-3)36(24-10-6-7-11-26(24)38-35(36)42)34-23-9-5-4-8-20(23)16-17-39(31)34/h4-19,30-31,34H,1-3H3,(H,38,42)/t30-,31+,34+,36-/m1/s1. The van der Waals surface area contributed by atoms with Crippen molar-refractivity contribution in [1.82, 2.24) is 4.90 Å². The number of ketones is 2. The molecule has 1 fully saturated rings. The number of Topliss-reactive ketones (excluding diaryl/α,β-unsaturated/α-hetero) is 2. The van der Waals surface area contributed by atoms with Gasteiger partial charge in [-0.15, -0.1) is 0 Å². The first-order valence-corrected chi connectivity index (χ1v) is 15.2. The van der Waals surface area contributed by atoms with E-state index in [1.54, 1.807) is 43.5 Å². The third-order valence-corrected chi connectivity index (χ3v) is 9.85. The molecule has 4 aromatic carbocycles. The maximum atomic E-state index is 15.1. The van der Waals surface area contributed by atoms with Crippen molar-refractivity contribution in [2.45, 2.75) is 17.5 Å². The van der Waals surface area contributed by atoms with Gasteiger partial charge < -0.3 is 24.4 Å². The lowest BCUT2D eigenvalue weighted by atomic mass is 9.62. The number of fused-ring (bicyclic) bond motifs is 6. The summed E-state index contributed by atoms with van der Waals surface area (Å²) in [6.45, 7) is 0. The van der Waals surface area contributed by atoms with E-state index in [4.69, 9.17) is 14.2 Å². The number of para-hydroxylation sites is 1. The van der Waals surface area contributed by atoms with Crippen molar-refractivity contribution in [2.75, 3.05) is 26.6 Å². The molecule has 1 spiro atoms. The first-order valence-electron chi connectivity index (χ1n) is 14.4. The minimum Gasteiger partial charge on any atom is -0.496 e. The van der Waals surface area contributed by atoms with Crippen LogP contribution in [-0.4, -0.2) is 49.7 Å². The van der Waals surface area contributed by atoms with Gasteiger partial charge in [0.05, 0.1) is 37.8 Å². The number of nitrogens with zero attached hydrogens (tertiary/aromatic N) is 1. The van der Waals surface area contributed by atoms with Gasteiger partial charge in [-0.1, -0.05) is 42.5 Å². The summed E-state index contributed by atoms with van der Waals surface area (Å²) in [5.41, 5.74) is 2.34. The smallest absolute Gasteiger partial charge is 0.238 e. The predicted octanol–water partition coefficient (Wildman–Crippen LogP) is 6.46. The van der Waals surface area contributed by atoms with Crippen molar-refractivity contribution in [3.05, 3.63) is 123 Å². The molecule has 8 nitrogen and oxygen atoms in total. The third-order valence-electron chi connectivity index (χ3n) is 9.23. The molecule has 7 rings (SSSR count). The van der Waals surface area contributed by atoms with Crippen LogP contribution in [0.2, 0.25) is 0 Å². The fraction of sp³-hybridized carbons (Fsp3) is 0.194. The Morgan fingerprint density at radius 1 is 0.800 bits per heavy atom. The Labute approximate surface area is 268 Å². The summed E-state index contributed by atoms with van der Waals surface area (Å²) in [4.78, 5) is 46.5. The molecule has 3 aliphatic heterocycles. The van der Waals surface area contributed by atoms with E-state index in [0.717, 1.165) is 11.1 Å². The first-order chi connectivity index (χ1) is 21.8. The molecular formula is C36H29BrN2O6. The highest BCUT2D eigenvalue weighted by atomic mass is 79.9. The molecule has 4 aromatic rings. The summed E-state index contributed by atoms with van der Waals surface area (Å²) in [6.07, 6.45) is 3.79. The Morgan fingerprint density at radius 3 is 2.20 bits per heavy atom. The first kappa shape index (κ1) is 28.9. The van der Waals surface area contributed by atoms with Gasteiger partial charge in [-0.3, -0.25) is 14.4 Å². The molecule has 0 bridgehead atoms. The Balaban J connectivity index is 1.51. The van der Waals surface area contributed by atoms with E-state index in [-0.39, 0.29) is 17.5 Å². The van der Waals surface area contributed by atoms with Crippen LogP contribution < -0.4 is 19.5 Å². The van der Waals surface area contributed by atoms with E-state index >= 15 is 4.79 Å². The van der Waals surface area contributed by atoms with Crippen LogP contribution in [0.3, 0.4) is 0 Å². The van der Waals surface area contributed by atoms with Crippen LogP contribution >= 0.6 is 15.9 Å². The summed E-state index contributed by atoms with van der Waals surface area (Å²) >= 11 is 3.51. The number of carbonyl (C=O) groups is 3. The molecule has 1 saturated heterocycles. The second kappa shape index (κ2) is 10.9. The quantitative estimate of drug-likeness (QED) is 0.227. The van der Waals surface area contributed by atoms with Crippen LogP contribution in [0.1, 0.15) is 43.4 Å². The number of hydrogen-bond donors (Lipinski definition) is 1. The number of anilines is 1. The molecule has 45 heavy (non-hydrogen) atoms. The fourth-order valence-electron chi connectivity index (χ4n) is 7.33. The molecule has 0 aromatic heterocycles. The molecule has 3 heterocycles. The van der Waals surface area contributed by atoms with Gasteiger partial charge in [0.2, 0.25) is 5.91 Å². The van der Waals surface area contributed by atoms with Gasteiger partial charge in [-0.2, -0.15) is 0 Å². The monoisotopic (exact) mass is 664 g/mol. The number of carbonyl (C=O) groups excluding carboxylic acids is 3. The van der Waals surface area contributed by atoms with Crippen LogP contribution in [0, 0.1) is 5.92 Å². The van der Waals surface area contributed by atoms with Gasteiger partial charge in [0.25, 0.3) is 0 Å². The lowest BCUT2D eigenvalue weighted by Gasteiger charge is -2.38. The summed E-state index contributed by atoms with van der Waals surface area (Å²) in [6, 6.07) is 23.6. The molecule has 4 atom stereocenters. The molecule has 226 valence electrons. The fourth-order valence-corrected chi connectivity index (χ4v) is 7.87. The van der Waals surface area contributed by atoms with E-state index in [9.17, 15) is 9.59 Å². The normalized spacial score (nSPS) is 22.4. The lowest BCUT2D eigenvalue weighted by molar-refractivity contribution is -0.122. The van der Waals surface area contributed by atoms with Crippen molar-refractivity contribution < 1.29 is 28.6 Å². The zero-order chi connectivity index (χ0) is 31.5. The van der Waals surface area contributed by atoms with E-state index in [1.165, 1.54) is 14.2 Å². The SMILES string of the molecule is COc1ccc(C(=O)[C@@H]2[C@H](C(=O)c3ccc(OC)c(OC)c3)[C@@]3(C(=O)Nc4ccccc43)[C@@H]3c4ccccc4C=CN23)cc1Br. The number of hydrogen-bond acceptors (Lipinski definition) is 7. The van der Waals surface area contributed by atoms with Gasteiger partial charge >= 0.3 is 0 Å². The second-order valence-corrected chi connectivity index (χ2v) is 12.1. The molecular weight excluding hydrogens is 636 g/mol. The minimum atomic E-state index is -1.44. The number of methoxy groups -OCH3 is 3. The number of halogens is 1. The van der Waals surface area contributed by atoms with Gasteiger partial charge in [-0.25, -0.2) is 0 Å². The topological polar surface area (TPSA) is 94.2 Å². The molecule has 0 unspecified atom stereocenters. The number of amides is 1. The molecule has 0 aliphatic carbocycles. The van der Waals surface area contributed by atoms with Crippen LogP contribution in [0.4, 0.5) is 5.69 Å². The maximum Gasteiger partial charge on any atom is 0.238 e. The average molecular weight is 666 g/mol. The van der Waals surface area contributed by atoms with Crippen molar-refractivity contribution in [2.24, 2.45) is 5.92 Å². The van der Waals surface area contributed by atoms with Crippen LogP contribution in [-0.2, 0) is 10.2 Å². The predicted molar refractivity (Wildman–Crippen MR) is 173 cm³/mol. The van der Waals surface area contributed by atoms with Crippen LogP contribution in [0.5, 0.6) is 17.2 Å². The zero-order valence-electron chi connectivity index (χ0n) is 24.7. The summed E-state index contributed by atoms with van der Waals surface area (Å²) < 4.78 is 17.0. The van der Waals surface area contributed by atoms with E-state index in [1.807, 2.05) is 65.7 Å². The Morgan fingerprint density at radius 2 is 1.47 bits per heavy atom. The highest BCUT2D eigenvalue weighted by molar-refractivity contribution is 9.10. The average Bonchev–Trinajstić information content (AvgIpc) is 3.55. The number of ether oxygens (including phenoxy) is 3. The lowest BCUT2D eigenvalue weighted by Crippen LogP contribution is -2.49. The Hall–Kier alpha value is -4.89. The second-order valence-electron chi connectivity index (χ2n) is 11.2. The Kier molecular flexibility index (Phi) is 7.00. The molecule has 0 saturated carbocycles. The molecule has 1 amide bonds. The summed E-state index contributed by atoms with van der Waals surface area (Å²) in [5.74, 6) is -0.682. The largest absolute Gasteiger partial charge is 0.496 e. The highest BCUT2D eigenvalue weighted by Gasteiger charge is 2.70. The minimum absolute atomic E-state index is 0.291. The van der Waals surface area contributed by atoms with Crippen molar-refractivity contribution >= 4 is 45.2 Å². The number of nitrogens with one attached hydrogen (secondary N) is 1. The zero-order valence-corrected chi connectivity index (χ0v) is 26.3. The summed E-state index contributed by atoms with van der Waals surface area (Å²) in [5, 5.41) is 3.07. The van der Waals surface area contributed by atoms with Crippen LogP contribution in [0.15, 0.2) is 95.6 Å². The maximum absolute atomic E-state index is 15.1.